The molecule has 0 aromatic carbocycles. The predicted molar refractivity (Wildman–Crippen MR) is 74.2 cm³/mol. The van der Waals surface area contributed by atoms with Gasteiger partial charge in [-0.25, -0.2) is 4.98 Å². The Bertz CT molecular complexity index is 432. The molecule has 1 heterocycles. The average Bonchev–Trinajstić information content (AvgIpc) is 3.26. The van der Waals surface area contributed by atoms with E-state index in [-0.39, 0.29) is 12.5 Å². The molecule has 1 aliphatic rings. The molecule has 0 unspecified atom stereocenters. The van der Waals surface area contributed by atoms with Crippen molar-refractivity contribution < 1.29 is 9.90 Å². The highest BCUT2D eigenvalue weighted by molar-refractivity contribution is 5.95. The second kappa shape index (κ2) is 6.52. The van der Waals surface area contributed by atoms with Crippen LogP contribution in [0.1, 0.15) is 36.5 Å². The first-order valence-electron chi connectivity index (χ1n) is 6.88. The molecule has 1 aliphatic carbocycles. The Balaban J connectivity index is 2.08. The van der Waals surface area contributed by atoms with Crippen LogP contribution in [0.3, 0.4) is 0 Å². The topological polar surface area (TPSA) is 65.5 Å². The van der Waals surface area contributed by atoms with Crippen LogP contribution >= 0.6 is 0 Å². The van der Waals surface area contributed by atoms with Crippen molar-refractivity contribution >= 4 is 11.7 Å². The molecule has 19 heavy (non-hydrogen) atoms. The molecule has 5 nitrogen and oxygen atoms in total. The molecular weight excluding hydrogens is 242 g/mol. The summed E-state index contributed by atoms with van der Waals surface area (Å²) in [5.74, 6) is 0.714. The number of rotatable bonds is 7. The summed E-state index contributed by atoms with van der Waals surface area (Å²) in [4.78, 5) is 18.4. The minimum Gasteiger partial charge on any atom is -0.395 e. The van der Waals surface area contributed by atoms with Gasteiger partial charge in [0.25, 0.3) is 5.91 Å². The summed E-state index contributed by atoms with van der Waals surface area (Å²) in [6.07, 6.45) is 4.74. The largest absolute Gasteiger partial charge is 0.395 e. The fraction of sp³-hybridized carbons (Fsp3) is 0.571. The standard InChI is InChI=1S/C14H21N3O2/c1-2-6-15-13-10-11(5-7-16-13)14(19)17(8-9-18)12-3-4-12/h5,7,10,12,18H,2-4,6,8-9H2,1H3,(H,15,16). The van der Waals surface area contributed by atoms with Crippen LogP contribution in [-0.4, -0.2) is 46.6 Å². The van der Waals surface area contributed by atoms with E-state index < -0.39 is 0 Å². The fourth-order valence-electron chi connectivity index (χ4n) is 2.02. The summed E-state index contributed by atoms with van der Waals surface area (Å²) in [5, 5.41) is 12.2. The zero-order valence-electron chi connectivity index (χ0n) is 11.3. The molecule has 2 N–H and O–H groups in total. The lowest BCUT2D eigenvalue weighted by Crippen LogP contribution is -2.35. The van der Waals surface area contributed by atoms with Crippen molar-refractivity contribution in [2.24, 2.45) is 0 Å². The molecule has 5 heteroatoms. The van der Waals surface area contributed by atoms with Gasteiger partial charge < -0.3 is 15.3 Å². The Morgan fingerprint density at radius 1 is 1.58 bits per heavy atom. The van der Waals surface area contributed by atoms with E-state index >= 15 is 0 Å². The normalized spacial score (nSPS) is 14.2. The SMILES string of the molecule is CCCNc1cc(C(=O)N(CCO)C2CC2)ccn1. The molecule has 1 amide bonds. The van der Waals surface area contributed by atoms with Crippen molar-refractivity contribution in [3.05, 3.63) is 23.9 Å². The number of carbonyl (C=O) groups is 1. The van der Waals surface area contributed by atoms with Gasteiger partial charge in [-0.05, 0) is 31.4 Å². The number of aromatic nitrogens is 1. The number of nitrogens with zero attached hydrogens (tertiary/aromatic N) is 2. The van der Waals surface area contributed by atoms with E-state index in [0.29, 0.717) is 18.2 Å². The van der Waals surface area contributed by atoms with Crippen LogP contribution in [0.15, 0.2) is 18.3 Å². The lowest BCUT2D eigenvalue weighted by molar-refractivity contribution is 0.0707. The number of aliphatic hydroxyl groups excluding tert-OH is 1. The van der Waals surface area contributed by atoms with Crippen molar-refractivity contribution in [1.82, 2.24) is 9.88 Å². The van der Waals surface area contributed by atoms with Gasteiger partial charge in [-0.2, -0.15) is 0 Å². The van der Waals surface area contributed by atoms with E-state index in [9.17, 15) is 4.79 Å². The first-order valence-corrected chi connectivity index (χ1v) is 6.88. The number of aliphatic hydroxyl groups is 1. The average molecular weight is 263 g/mol. The molecule has 1 aromatic rings. The van der Waals surface area contributed by atoms with Crippen molar-refractivity contribution in [3.8, 4) is 0 Å². The van der Waals surface area contributed by atoms with Gasteiger partial charge in [-0.3, -0.25) is 4.79 Å². The van der Waals surface area contributed by atoms with Crippen molar-refractivity contribution in [3.63, 3.8) is 0 Å². The summed E-state index contributed by atoms with van der Waals surface area (Å²) in [6, 6.07) is 3.82. The van der Waals surface area contributed by atoms with Gasteiger partial charge in [0.2, 0.25) is 0 Å². The summed E-state index contributed by atoms with van der Waals surface area (Å²) in [7, 11) is 0. The fourth-order valence-corrected chi connectivity index (χ4v) is 2.02. The molecular formula is C14H21N3O2. The van der Waals surface area contributed by atoms with Crippen LogP contribution in [0.4, 0.5) is 5.82 Å². The molecule has 104 valence electrons. The second-order valence-corrected chi connectivity index (χ2v) is 4.81. The molecule has 1 saturated carbocycles. The van der Waals surface area contributed by atoms with Crippen molar-refractivity contribution in [2.45, 2.75) is 32.2 Å². The minimum absolute atomic E-state index is 0.00820. The van der Waals surface area contributed by atoms with Crippen LogP contribution in [0.2, 0.25) is 0 Å². The van der Waals surface area contributed by atoms with Gasteiger partial charge in [-0.1, -0.05) is 6.92 Å². The molecule has 1 fully saturated rings. The smallest absolute Gasteiger partial charge is 0.254 e. The van der Waals surface area contributed by atoms with Gasteiger partial charge in [-0.15, -0.1) is 0 Å². The number of pyridine rings is 1. The van der Waals surface area contributed by atoms with Crippen molar-refractivity contribution in [1.29, 1.82) is 0 Å². The van der Waals surface area contributed by atoms with E-state index in [4.69, 9.17) is 5.11 Å². The van der Waals surface area contributed by atoms with E-state index in [1.165, 1.54) is 0 Å². The van der Waals surface area contributed by atoms with Crippen molar-refractivity contribution in [2.75, 3.05) is 25.0 Å². The number of hydrogen-bond donors (Lipinski definition) is 2. The minimum atomic E-state index is -0.0153. The number of anilines is 1. The predicted octanol–water partition coefficient (Wildman–Crippen LogP) is 1.50. The monoisotopic (exact) mass is 263 g/mol. The molecule has 0 atom stereocenters. The molecule has 2 rings (SSSR count). The number of amides is 1. The van der Waals surface area contributed by atoms with Gasteiger partial charge >= 0.3 is 0 Å². The Labute approximate surface area is 113 Å². The highest BCUT2D eigenvalue weighted by atomic mass is 16.3. The number of nitrogens with one attached hydrogen (secondary N) is 1. The third-order valence-corrected chi connectivity index (χ3v) is 3.15. The first kappa shape index (κ1) is 13.8. The van der Waals surface area contributed by atoms with Gasteiger partial charge in [0, 0.05) is 30.9 Å². The van der Waals surface area contributed by atoms with Gasteiger partial charge in [0.05, 0.1) is 6.61 Å². The quantitative estimate of drug-likeness (QED) is 0.782. The lowest BCUT2D eigenvalue weighted by atomic mass is 10.2. The van der Waals surface area contributed by atoms with Gasteiger partial charge in [0.1, 0.15) is 5.82 Å². The highest BCUT2D eigenvalue weighted by Crippen LogP contribution is 2.28. The van der Waals surface area contributed by atoms with Crippen LogP contribution in [0.5, 0.6) is 0 Å². The van der Waals surface area contributed by atoms with Crippen LogP contribution < -0.4 is 5.32 Å². The van der Waals surface area contributed by atoms with E-state index in [1.54, 1.807) is 23.2 Å². The molecule has 0 radical (unpaired) electrons. The summed E-state index contributed by atoms with van der Waals surface area (Å²) < 4.78 is 0. The van der Waals surface area contributed by atoms with E-state index in [1.807, 2.05) is 0 Å². The summed E-state index contributed by atoms with van der Waals surface area (Å²) >= 11 is 0. The Morgan fingerprint density at radius 2 is 2.37 bits per heavy atom. The number of hydrogen-bond acceptors (Lipinski definition) is 4. The van der Waals surface area contributed by atoms with Crippen LogP contribution in [-0.2, 0) is 0 Å². The van der Waals surface area contributed by atoms with E-state index in [0.717, 1.165) is 31.6 Å². The zero-order chi connectivity index (χ0) is 13.7. The van der Waals surface area contributed by atoms with Crippen LogP contribution in [0, 0.1) is 0 Å². The van der Waals surface area contributed by atoms with Crippen LogP contribution in [0.25, 0.3) is 0 Å². The maximum absolute atomic E-state index is 12.4. The zero-order valence-corrected chi connectivity index (χ0v) is 11.3. The molecule has 0 aliphatic heterocycles. The van der Waals surface area contributed by atoms with E-state index in [2.05, 4.69) is 17.2 Å². The Hall–Kier alpha value is -1.62. The lowest BCUT2D eigenvalue weighted by Gasteiger charge is -2.21. The van der Waals surface area contributed by atoms with Gasteiger partial charge in [0.15, 0.2) is 0 Å². The first-order chi connectivity index (χ1) is 9.26. The molecule has 0 spiro atoms. The Kier molecular flexibility index (Phi) is 4.74. The number of carbonyl (C=O) groups excluding carboxylic acids is 1. The maximum atomic E-state index is 12.4. The third kappa shape index (κ3) is 3.67. The second-order valence-electron chi connectivity index (χ2n) is 4.81. The highest BCUT2D eigenvalue weighted by Gasteiger charge is 2.32. The Morgan fingerprint density at radius 3 is 3.00 bits per heavy atom. The summed E-state index contributed by atoms with van der Waals surface area (Å²) in [5.41, 5.74) is 0.633. The molecule has 1 aromatic heterocycles. The maximum Gasteiger partial charge on any atom is 0.254 e. The third-order valence-electron chi connectivity index (χ3n) is 3.15. The summed E-state index contributed by atoms with van der Waals surface area (Å²) in [6.45, 7) is 3.34. The molecule has 0 saturated heterocycles. The molecule has 0 bridgehead atoms.